The van der Waals surface area contributed by atoms with E-state index in [-0.39, 0.29) is 0 Å². The Bertz CT molecular complexity index is 259. The minimum atomic E-state index is -0.394. The van der Waals surface area contributed by atoms with Gasteiger partial charge in [0.2, 0.25) is 0 Å². The van der Waals surface area contributed by atoms with Crippen LogP contribution in [0.25, 0.3) is 0 Å². The number of carbonyl (C=O) groups excluding carboxylic acids is 1. The molecule has 1 rings (SSSR count). The van der Waals surface area contributed by atoms with E-state index in [1.54, 1.807) is 0 Å². The van der Waals surface area contributed by atoms with Crippen molar-refractivity contribution >= 4 is 6.09 Å². The van der Waals surface area contributed by atoms with Gasteiger partial charge in [0, 0.05) is 13.1 Å². The van der Waals surface area contributed by atoms with Crippen LogP contribution in [0.15, 0.2) is 23.8 Å². The van der Waals surface area contributed by atoms with Gasteiger partial charge in [0.15, 0.2) is 0 Å². The van der Waals surface area contributed by atoms with E-state index in [2.05, 4.69) is 11.4 Å². The Hall–Kier alpha value is -1.29. The number of nitrogens with one attached hydrogen (secondary N) is 1. The Kier molecular flexibility index (Phi) is 5.55. The van der Waals surface area contributed by atoms with Crippen LogP contribution in [0.3, 0.4) is 0 Å². The van der Waals surface area contributed by atoms with Crippen molar-refractivity contribution in [3.63, 3.8) is 0 Å². The van der Waals surface area contributed by atoms with Crippen molar-refractivity contribution < 1.29 is 9.53 Å². The van der Waals surface area contributed by atoms with E-state index in [4.69, 9.17) is 10.5 Å². The summed E-state index contributed by atoms with van der Waals surface area (Å²) in [6.07, 6.45) is 8.98. The van der Waals surface area contributed by atoms with Gasteiger partial charge in [-0.3, -0.25) is 0 Å². The normalized spacial score (nSPS) is 15.4. The Morgan fingerprint density at radius 3 is 3.27 bits per heavy atom. The first kappa shape index (κ1) is 11.8. The van der Waals surface area contributed by atoms with E-state index in [1.807, 2.05) is 12.2 Å². The molecule has 4 nitrogen and oxygen atoms in total. The van der Waals surface area contributed by atoms with Gasteiger partial charge in [0.1, 0.15) is 6.61 Å². The molecule has 84 valence electrons. The van der Waals surface area contributed by atoms with E-state index in [0.717, 1.165) is 24.8 Å². The quantitative estimate of drug-likeness (QED) is 0.736. The van der Waals surface area contributed by atoms with Crippen molar-refractivity contribution in [3.05, 3.63) is 23.8 Å². The minimum absolute atomic E-state index is 0.376. The van der Waals surface area contributed by atoms with Gasteiger partial charge in [-0.1, -0.05) is 18.2 Å². The average Bonchev–Trinajstić information content (AvgIpc) is 2.51. The first-order chi connectivity index (χ1) is 7.33. The Balaban J connectivity index is 2.21. The summed E-state index contributed by atoms with van der Waals surface area (Å²) >= 11 is 0. The van der Waals surface area contributed by atoms with Crippen LogP contribution < -0.4 is 11.1 Å². The van der Waals surface area contributed by atoms with Crippen LogP contribution in [0.4, 0.5) is 4.79 Å². The molecule has 0 saturated carbocycles. The molecular weight excluding hydrogens is 192 g/mol. The summed E-state index contributed by atoms with van der Waals surface area (Å²) in [5.74, 6) is 0. The third-order valence-corrected chi connectivity index (χ3v) is 2.14. The number of carbonyl (C=O) groups is 1. The van der Waals surface area contributed by atoms with Crippen LogP contribution in [-0.2, 0) is 4.74 Å². The summed E-state index contributed by atoms with van der Waals surface area (Å²) in [6.45, 7) is 1.26. The molecule has 0 radical (unpaired) electrons. The molecule has 0 aromatic heterocycles. The molecule has 0 aromatic rings. The van der Waals surface area contributed by atoms with Gasteiger partial charge in [-0.2, -0.15) is 0 Å². The van der Waals surface area contributed by atoms with Crippen LogP contribution >= 0.6 is 0 Å². The third kappa shape index (κ3) is 5.22. The highest BCUT2D eigenvalue weighted by atomic mass is 16.5. The van der Waals surface area contributed by atoms with Gasteiger partial charge in [0.25, 0.3) is 0 Å². The van der Waals surface area contributed by atoms with Crippen molar-refractivity contribution in [2.45, 2.75) is 19.3 Å². The van der Waals surface area contributed by atoms with Gasteiger partial charge in [0.05, 0.1) is 0 Å². The second kappa shape index (κ2) is 7.06. The predicted molar refractivity (Wildman–Crippen MR) is 59.5 cm³/mol. The highest BCUT2D eigenvalue weighted by molar-refractivity contribution is 5.67. The van der Waals surface area contributed by atoms with Crippen LogP contribution in [0.5, 0.6) is 0 Å². The lowest BCUT2D eigenvalue weighted by atomic mass is 10.1. The minimum Gasteiger partial charge on any atom is -0.445 e. The second-order valence-electron chi connectivity index (χ2n) is 3.44. The lowest BCUT2D eigenvalue weighted by Gasteiger charge is -2.07. The molecule has 0 spiro atoms. The molecular formula is C11H18N2O2. The van der Waals surface area contributed by atoms with Gasteiger partial charge >= 0.3 is 6.09 Å². The summed E-state index contributed by atoms with van der Waals surface area (Å²) in [6, 6.07) is 0. The van der Waals surface area contributed by atoms with Gasteiger partial charge in [-0.05, 0) is 24.8 Å². The summed E-state index contributed by atoms with van der Waals surface area (Å²) in [7, 11) is 0. The number of amides is 1. The molecule has 3 N–H and O–H groups in total. The number of ether oxygens (including phenoxy) is 1. The second-order valence-corrected chi connectivity index (χ2v) is 3.44. The van der Waals surface area contributed by atoms with Crippen molar-refractivity contribution in [2.24, 2.45) is 5.73 Å². The topological polar surface area (TPSA) is 64.3 Å². The molecule has 1 aliphatic carbocycles. The molecule has 0 aromatic carbocycles. The molecule has 0 atom stereocenters. The summed E-state index contributed by atoms with van der Waals surface area (Å²) in [5, 5.41) is 2.56. The molecule has 4 heteroatoms. The highest BCUT2D eigenvalue weighted by Crippen LogP contribution is 2.12. The Labute approximate surface area is 90.2 Å². The van der Waals surface area contributed by atoms with Gasteiger partial charge in [-0.15, -0.1) is 0 Å². The van der Waals surface area contributed by atoms with Crippen LogP contribution in [0.2, 0.25) is 0 Å². The Morgan fingerprint density at radius 1 is 1.60 bits per heavy atom. The average molecular weight is 210 g/mol. The lowest BCUT2D eigenvalue weighted by Crippen LogP contribution is -2.30. The monoisotopic (exact) mass is 210 g/mol. The van der Waals surface area contributed by atoms with E-state index >= 15 is 0 Å². The maximum Gasteiger partial charge on any atom is 0.407 e. The van der Waals surface area contributed by atoms with Gasteiger partial charge in [-0.25, -0.2) is 4.79 Å². The van der Waals surface area contributed by atoms with E-state index in [9.17, 15) is 4.79 Å². The van der Waals surface area contributed by atoms with E-state index < -0.39 is 6.09 Å². The van der Waals surface area contributed by atoms with Crippen LogP contribution in [-0.4, -0.2) is 25.8 Å². The molecule has 1 aliphatic rings. The smallest absolute Gasteiger partial charge is 0.407 e. The van der Waals surface area contributed by atoms with Crippen LogP contribution in [0.1, 0.15) is 19.3 Å². The van der Waals surface area contributed by atoms with Crippen molar-refractivity contribution in [2.75, 3.05) is 19.7 Å². The number of allylic oxidation sites excluding steroid dienone is 3. The van der Waals surface area contributed by atoms with Crippen molar-refractivity contribution in [1.82, 2.24) is 5.32 Å². The van der Waals surface area contributed by atoms with E-state index in [1.165, 1.54) is 0 Å². The molecule has 0 unspecified atom stereocenters. The fourth-order valence-electron chi connectivity index (χ4n) is 1.33. The van der Waals surface area contributed by atoms with E-state index in [0.29, 0.717) is 19.7 Å². The summed E-state index contributed by atoms with van der Waals surface area (Å²) < 4.78 is 5.03. The zero-order valence-corrected chi connectivity index (χ0v) is 8.87. The highest BCUT2D eigenvalue weighted by Gasteiger charge is 2.04. The fraction of sp³-hybridized carbons (Fsp3) is 0.545. The standard InChI is InChI=1S/C11H18N2O2/c12-7-8-13-11(14)15-9-10-5-3-1-2-4-6-10/h1,3,5H,2,4,6-9,12H2,(H,13,14). The molecule has 0 bridgehead atoms. The molecule has 0 fully saturated rings. The predicted octanol–water partition coefficient (Wildman–Crippen LogP) is 1.34. The van der Waals surface area contributed by atoms with Gasteiger partial charge < -0.3 is 15.8 Å². The molecule has 1 amide bonds. The number of rotatable bonds is 4. The SMILES string of the molecule is NCCNC(=O)OCC1=CC=CCCC1. The first-order valence-corrected chi connectivity index (χ1v) is 5.28. The van der Waals surface area contributed by atoms with Crippen LogP contribution in [0, 0.1) is 0 Å². The maximum atomic E-state index is 11.1. The maximum absolute atomic E-state index is 11.1. The summed E-state index contributed by atoms with van der Waals surface area (Å²) in [5.41, 5.74) is 6.40. The fourth-order valence-corrected chi connectivity index (χ4v) is 1.33. The number of alkyl carbamates (subject to hydrolysis) is 1. The first-order valence-electron chi connectivity index (χ1n) is 5.28. The number of hydrogen-bond acceptors (Lipinski definition) is 3. The number of hydrogen-bond donors (Lipinski definition) is 2. The third-order valence-electron chi connectivity index (χ3n) is 2.14. The van der Waals surface area contributed by atoms with Crippen molar-refractivity contribution in [1.29, 1.82) is 0 Å². The molecule has 0 aliphatic heterocycles. The zero-order chi connectivity index (χ0) is 10.9. The molecule has 15 heavy (non-hydrogen) atoms. The number of nitrogens with two attached hydrogens (primary N) is 1. The zero-order valence-electron chi connectivity index (χ0n) is 8.87. The largest absolute Gasteiger partial charge is 0.445 e. The van der Waals surface area contributed by atoms with Crippen molar-refractivity contribution in [3.8, 4) is 0 Å². The molecule has 0 heterocycles. The Morgan fingerprint density at radius 2 is 2.47 bits per heavy atom. The summed E-state index contributed by atoms with van der Waals surface area (Å²) in [4.78, 5) is 11.1. The lowest BCUT2D eigenvalue weighted by molar-refractivity contribution is 0.155. The molecule has 0 saturated heterocycles.